The van der Waals surface area contributed by atoms with Crippen molar-refractivity contribution in [3.63, 3.8) is 0 Å². The van der Waals surface area contributed by atoms with Crippen LogP contribution in [-0.4, -0.2) is 65.0 Å². The summed E-state index contributed by atoms with van der Waals surface area (Å²) in [5.74, 6) is -0.560. The van der Waals surface area contributed by atoms with Crippen molar-refractivity contribution in [1.29, 1.82) is 0 Å². The molecule has 27 heavy (non-hydrogen) atoms. The lowest BCUT2D eigenvalue weighted by atomic mass is 10.1. The Morgan fingerprint density at radius 1 is 1.37 bits per heavy atom. The van der Waals surface area contributed by atoms with Gasteiger partial charge < -0.3 is 4.90 Å². The van der Waals surface area contributed by atoms with Crippen LogP contribution in [0.5, 0.6) is 0 Å². The fourth-order valence-corrected chi connectivity index (χ4v) is 6.37. The summed E-state index contributed by atoms with van der Waals surface area (Å²) >= 11 is 6.49. The van der Waals surface area contributed by atoms with E-state index in [1.165, 1.54) is 21.6 Å². The van der Waals surface area contributed by atoms with Crippen LogP contribution in [0.1, 0.15) is 18.9 Å². The molecule has 2 heterocycles. The second-order valence-corrected chi connectivity index (χ2v) is 10.5. The van der Waals surface area contributed by atoms with E-state index in [2.05, 4.69) is 0 Å². The first kappa shape index (κ1) is 20.0. The predicted molar refractivity (Wildman–Crippen MR) is 111 cm³/mol. The average molecular weight is 425 g/mol. The van der Waals surface area contributed by atoms with Gasteiger partial charge in [0.05, 0.1) is 16.4 Å². The van der Waals surface area contributed by atoms with Gasteiger partial charge in [0, 0.05) is 13.1 Å². The molecule has 2 amide bonds. The zero-order chi connectivity index (χ0) is 19.8. The van der Waals surface area contributed by atoms with Crippen LogP contribution in [0.3, 0.4) is 0 Å². The van der Waals surface area contributed by atoms with E-state index in [1.807, 2.05) is 30.3 Å². The number of rotatable bonds is 4. The summed E-state index contributed by atoms with van der Waals surface area (Å²) in [5, 5.41) is 0. The second-order valence-electron chi connectivity index (χ2n) is 6.64. The number of sulfone groups is 1. The predicted octanol–water partition coefficient (Wildman–Crippen LogP) is 1.92. The Balaban J connectivity index is 1.75. The highest BCUT2D eigenvalue weighted by Crippen LogP contribution is 2.34. The van der Waals surface area contributed by atoms with Gasteiger partial charge in [-0.05, 0) is 25.0 Å². The third kappa shape index (κ3) is 4.25. The summed E-state index contributed by atoms with van der Waals surface area (Å²) in [6.45, 7) is 1.62. The summed E-state index contributed by atoms with van der Waals surface area (Å²) < 4.78 is 23.7. The van der Waals surface area contributed by atoms with Gasteiger partial charge in [-0.3, -0.25) is 14.5 Å². The summed E-state index contributed by atoms with van der Waals surface area (Å²) in [4.78, 5) is 28.9. The Morgan fingerprint density at radius 2 is 2.04 bits per heavy atom. The number of thioether (sulfide) groups is 1. The SMILES string of the molecule is CC(C(=O)N(C)C1CCS(=O)(=O)C1)N1C(=O)/C(=C\c2ccccc2)SC1=S. The minimum Gasteiger partial charge on any atom is -0.340 e. The van der Waals surface area contributed by atoms with E-state index in [4.69, 9.17) is 12.2 Å². The van der Waals surface area contributed by atoms with Gasteiger partial charge in [0.15, 0.2) is 9.84 Å². The summed E-state index contributed by atoms with van der Waals surface area (Å²) in [7, 11) is -1.51. The lowest BCUT2D eigenvalue weighted by molar-refractivity contribution is -0.139. The average Bonchev–Trinajstić information content (AvgIpc) is 3.13. The minimum atomic E-state index is -3.10. The third-order valence-corrected chi connectivity index (χ3v) is 7.85. The molecule has 0 bridgehead atoms. The molecule has 2 fully saturated rings. The summed E-state index contributed by atoms with van der Waals surface area (Å²) in [6.07, 6.45) is 2.17. The van der Waals surface area contributed by atoms with Crippen molar-refractivity contribution in [1.82, 2.24) is 9.80 Å². The molecular formula is C18H20N2O4S3. The molecule has 2 saturated heterocycles. The molecule has 3 rings (SSSR count). The van der Waals surface area contributed by atoms with Gasteiger partial charge in [-0.2, -0.15) is 0 Å². The summed E-state index contributed by atoms with van der Waals surface area (Å²) in [6, 6.07) is 8.27. The van der Waals surface area contributed by atoms with Crippen molar-refractivity contribution >= 4 is 56.0 Å². The summed E-state index contributed by atoms with van der Waals surface area (Å²) in [5.41, 5.74) is 0.880. The quantitative estimate of drug-likeness (QED) is 0.543. The van der Waals surface area contributed by atoms with E-state index in [0.29, 0.717) is 15.6 Å². The van der Waals surface area contributed by atoms with Crippen LogP contribution >= 0.6 is 24.0 Å². The number of likely N-dealkylation sites (N-methyl/N-ethyl adjacent to an activating group) is 1. The first-order valence-electron chi connectivity index (χ1n) is 8.49. The van der Waals surface area contributed by atoms with Crippen LogP contribution in [0.4, 0.5) is 0 Å². The molecule has 2 aliphatic heterocycles. The van der Waals surface area contributed by atoms with Gasteiger partial charge in [0.25, 0.3) is 5.91 Å². The van der Waals surface area contributed by atoms with Crippen LogP contribution in [0, 0.1) is 0 Å². The van der Waals surface area contributed by atoms with Gasteiger partial charge in [-0.25, -0.2) is 8.42 Å². The Kier molecular flexibility index (Phi) is 5.73. The van der Waals surface area contributed by atoms with Crippen molar-refractivity contribution < 1.29 is 18.0 Å². The molecule has 0 saturated carbocycles. The molecule has 1 aromatic rings. The zero-order valence-corrected chi connectivity index (χ0v) is 17.4. The maximum absolute atomic E-state index is 12.8. The van der Waals surface area contributed by atoms with E-state index in [0.717, 1.165) is 5.56 Å². The van der Waals surface area contributed by atoms with E-state index in [-0.39, 0.29) is 29.4 Å². The number of nitrogens with zero attached hydrogens (tertiary/aromatic N) is 2. The van der Waals surface area contributed by atoms with Crippen LogP contribution in [0.2, 0.25) is 0 Å². The number of amides is 2. The molecule has 2 atom stereocenters. The van der Waals surface area contributed by atoms with E-state index >= 15 is 0 Å². The van der Waals surface area contributed by atoms with Crippen LogP contribution in [-0.2, 0) is 19.4 Å². The Morgan fingerprint density at radius 3 is 2.63 bits per heavy atom. The van der Waals surface area contributed by atoms with Gasteiger partial charge in [-0.15, -0.1) is 0 Å². The number of benzene rings is 1. The third-order valence-electron chi connectivity index (χ3n) is 4.77. The molecular weight excluding hydrogens is 404 g/mol. The van der Waals surface area contributed by atoms with Crippen molar-refractivity contribution in [2.45, 2.75) is 25.4 Å². The van der Waals surface area contributed by atoms with E-state index in [9.17, 15) is 18.0 Å². The Bertz CT molecular complexity index is 912. The molecule has 2 aliphatic rings. The molecule has 0 spiro atoms. The fraction of sp³-hybridized carbons (Fsp3) is 0.389. The molecule has 1 aromatic carbocycles. The number of hydrogen-bond acceptors (Lipinski definition) is 6. The molecule has 0 aliphatic carbocycles. The lowest BCUT2D eigenvalue weighted by Gasteiger charge is -2.30. The maximum atomic E-state index is 12.8. The number of thiocarbonyl (C=S) groups is 1. The fourth-order valence-electron chi connectivity index (χ4n) is 3.18. The van der Waals surface area contributed by atoms with Gasteiger partial charge in [0.2, 0.25) is 5.91 Å². The highest BCUT2D eigenvalue weighted by molar-refractivity contribution is 8.26. The molecule has 9 heteroatoms. The Hall–Kier alpha value is -1.71. The van der Waals surface area contributed by atoms with Crippen molar-refractivity contribution in [2.75, 3.05) is 18.6 Å². The largest absolute Gasteiger partial charge is 0.340 e. The maximum Gasteiger partial charge on any atom is 0.266 e. The lowest BCUT2D eigenvalue weighted by Crippen LogP contribution is -2.50. The topological polar surface area (TPSA) is 74.8 Å². The van der Waals surface area contributed by atoms with E-state index < -0.39 is 15.9 Å². The molecule has 144 valence electrons. The van der Waals surface area contributed by atoms with Gasteiger partial charge in [0.1, 0.15) is 10.4 Å². The standard InChI is InChI=1S/C18H20N2O4S3/c1-12(16(21)19(2)14-8-9-27(23,24)11-14)20-17(22)15(26-18(20)25)10-13-6-4-3-5-7-13/h3-7,10,12,14H,8-9,11H2,1-2H3/b15-10+. The van der Waals surface area contributed by atoms with Crippen LogP contribution in [0.25, 0.3) is 6.08 Å². The number of carbonyl (C=O) groups excluding carboxylic acids is 2. The molecule has 0 radical (unpaired) electrons. The first-order chi connectivity index (χ1) is 12.7. The zero-order valence-electron chi connectivity index (χ0n) is 15.0. The van der Waals surface area contributed by atoms with Gasteiger partial charge >= 0.3 is 0 Å². The van der Waals surface area contributed by atoms with Crippen LogP contribution in [0.15, 0.2) is 35.2 Å². The number of hydrogen-bond donors (Lipinski definition) is 0. The van der Waals surface area contributed by atoms with Crippen LogP contribution < -0.4 is 0 Å². The number of carbonyl (C=O) groups is 2. The van der Waals surface area contributed by atoms with E-state index in [1.54, 1.807) is 20.0 Å². The second kappa shape index (κ2) is 7.73. The first-order valence-corrected chi connectivity index (χ1v) is 11.5. The smallest absolute Gasteiger partial charge is 0.266 e. The molecule has 6 nitrogen and oxygen atoms in total. The monoisotopic (exact) mass is 424 g/mol. The molecule has 0 N–H and O–H groups in total. The van der Waals surface area contributed by atoms with Crippen molar-refractivity contribution in [3.8, 4) is 0 Å². The Labute approximate surface area is 168 Å². The highest BCUT2D eigenvalue weighted by Gasteiger charge is 2.41. The highest BCUT2D eigenvalue weighted by atomic mass is 32.2. The van der Waals surface area contributed by atoms with Gasteiger partial charge in [-0.1, -0.05) is 54.3 Å². The molecule has 2 unspecified atom stereocenters. The molecule has 0 aromatic heterocycles. The normalized spacial score (nSPS) is 24.4. The van der Waals surface area contributed by atoms with Crippen molar-refractivity contribution in [2.24, 2.45) is 0 Å². The van der Waals surface area contributed by atoms with Crippen molar-refractivity contribution in [3.05, 3.63) is 40.8 Å². The minimum absolute atomic E-state index is 0.0335.